The second kappa shape index (κ2) is 4.58. The molecular weight excluding hydrogens is 375 g/mol. The molecule has 1 aromatic heterocycles. The first-order valence-electron chi connectivity index (χ1n) is 4.66. The Morgan fingerprint density at radius 2 is 1.88 bits per heavy atom. The Hall–Kier alpha value is -0.600. The first-order valence-corrected chi connectivity index (χ1v) is 7.48. The van der Waals surface area contributed by atoms with Crippen LogP contribution in [-0.2, 0) is 9.84 Å². The number of nitrogens with zero attached hydrogens (tertiary/aromatic N) is 2. The van der Waals surface area contributed by atoms with Crippen LogP contribution in [0.5, 0.6) is 0 Å². The molecule has 1 aromatic carbocycles. The van der Waals surface area contributed by atoms with E-state index < -0.39 is 9.84 Å². The normalized spacial score (nSPS) is 11.7. The minimum absolute atomic E-state index is 0.0171. The van der Waals surface area contributed by atoms with Crippen LogP contribution in [0.1, 0.15) is 5.69 Å². The van der Waals surface area contributed by atoms with Crippen LogP contribution in [0.15, 0.2) is 40.3 Å². The van der Waals surface area contributed by atoms with E-state index in [2.05, 4.69) is 5.10 Å². The van der Waals surface area contributed by atoms with Gasteiger partial charge in [-0.2, -0.15) is 7.99 Å². The van der Waals surface area contributed by atoms with Gasteiger partial charge in [0.25, 0.3) is 0 Å². The van der Waals surface area contributed by atoms with E-state index in [4.69, 9.17) is 11.6 Å². The molecule has 0 fully saturated rings. The molecule has 0 radical (unpaired) electrons. The van der Waals surface area contributed by atoms with E-state index in [0.717, 1.165) is 0 Å². The van der Waals surface area contributed by atoms with E-state index in [0.29, 0.717) is 5.69 Å². The summed E-state index contributed by atoms with van der Waals surface area (Å²) in [7, 11) is -3.62. The lowest BCUT2D eigenvalue weighted by Gasteiger charge is -2.03. The lowest BCUT2D eigenvalue weighted by atomic mass is 10.4. The van der Waals surface area contributed by atoms with Gasteiger partial charge in [0.1, 0.15) is 5.02 Å². The fourth-order valence-electron chi connectivity index (χ4n) is 1.39. The van der Waals surface area contributed by atoms with Crippen molar-refractivity contribution in [1.82, 2.24) is 7.99 Å². The SMILES string of the molecule is Cc1nn(I)c(S(=O)(=O)c2ccccc2)c1Cl. The Balaban J connectivity index is 2.69. The Bertz CT molecular complexity index is 652. The second-order valence-electron chi connectivity index (χ2n) is 3.38. The molecule has 7 heteroatoms. The smallest absolute Gasteiger partial charge is 0.217 e. The van der Waals surface area contributed by atoms with Crippen LogP contribution in [0.4, 0.5) is 0 Å². The van der Waals surface area contributed by atoms with Gasteiger partial charge in [-0.1, -0.05) is 29.8 Å². The van der Waals surface area contributed by atoms with Crippen molar-refractivity contribution in [1.29, 1.82) is 0 Å². The zero-order valence-corrected chi connectivity index (χ0v) is 12.5. The minimum Gasteiger partial charge on any atom is -0.217 e. The molecule has 0 spiro atoms. The van der Waals surface area contributed by atoms with Crippen molar-refractivity contribution in [2.75, 3.05) is 0 Å². The number of sulfone groups is 1. The van der Waals surface area contributed by atoms with Gasteiger partial charge in [0.05, 0.1) is 33.5 Å². The maximum absolute atomic E-state index is 12.3. The summed E-state index contributed by atoms with van der Waals surface area (Å²) in [4.78, 5) is 0.208. The highest BCUT2D eigenvalue weighted by molar-refractivity contribution is 14.1. The van der Waals surface area contributed by atoms with E-state index in [1.165, 1.54) is 15.0 Å². The van der Waals surface area contributed by atoms with Gasteiger partial charge in [-0.25, -0.2) is 8.42 Å². The molecule has 0 amide bonds. The molecule has 0 N–H and O–H groups in total. The zero-order chi connectivity index (χ0) is 12.6. The third-order valence-electron chi connectivity index (χ3n) is 2.22. The van der Waals surface area contributed by atoms with Crippen LogP contribution in [-0.4, -0.2) is 16.4 Å². The summed E-state index contributed by atoms with van der Waals surface area (Å²) in [6, 6.07) is 8.16. The van der Waals surface area contributed by atoms with Crippen LogP contribution >= 0.6 is 34.5 Å². The number of aryl methyl sites for hydroxylation is 1. The van der Waals surface area contributed by atoms with Crippen molar-refractivity contribution >= 4 is 44.3 Å². The van der Waals surface area contributed by atoms with Gasteiger partial charge in [-0.3, -0.25) is 0 Å². The van der Waals surface area contributed by atoms with E-state index >= 15 is 0 Å². The van der Waals surface area contributed by atoms with Gasteiger partial charge in [-0.15, -0.1) is 0 Å². The van der Waals surface area contributed by atoms with Crippen molar-refractivity contribution in [2.24, 2.45) is 0 Å². The maximum atomic E-state index is 12.3. The summed E-state index contributed by atoms with van der Waals surface area (Å²) < 4.78 is 25.9. The molecule has 0 saturated carbocycles. The maximum Gasteiger partial charge on any atom is 0.225 e. The predicted molar refractivity (Wildman–Crippen MR) is 73.3 cm³/mol. The predicted octanol–water partition coefficient (Wildman–Crippen LogP) is 2.88. The number of hydrogen-bond donors (Lipinski definition) is 0. The molecule has 0 bridgehead atoms. The lowest BCUT2D eigenvalue weighted by Crippen LogP contribution is -2.05. The first-order chi connectivity index (χ1) is 7.94. The van der Waals surface area contributed by atoms with Gasteiger partial charge < -0.3 is 0 Å². The van der Waals surface area contributed by atoms with Crippen molar-refractivity contribution < 1.29 is 8.42 Å². The molecule has 0 atom stereocenters. The Labute approximate surface area is 118 Å². The molecule has 0 unspecified atom stereocenters. The largest absolute Gasteiger partial charge is 0.225 e. The molecule has 2 rings (SSSR count). The standard InChI is InChI=1S/C10H8ClIN2O2S/c1-7-9(11)10(14(12)13-7)17(15,16)8-5-3-2-4-6-8/h2-6H,1H3. The van der Waals surface area contributed by atoms with Gasteiger partial charge >= 0.3 is 0 Å². The monoisotopic (exact) mass is 382 g/mol. The summed E-state index contributed by atoms with van der Waals surface area (Å²) in [6.45, 7) is 1.67. The third-order valence-corrected chi connectivity index (χ3v) is 5.59. The van der Waals surface area contributed by atoms with Crippen LogP contribution in [0.2, 0.25) is 5.02 Å². The summed E-state index contributed by atoms with van der Waals surface area (Å²) in [6.07, 6.45) is 0. The fraction of sp³-hybridized carbons (Fsp3) is 0.100. The van der Waals surface area contributed by atoms with Gasteiger partial charge in [0.2, 0.25) is 9.84 Å². The molecular formula is C10H8ClIN2O2S. The highest BCUT2D eigenvalue weighted by atomic mass is 127. The lowest BCUT2D eigenvalue weighted by molar-refractivity contribution is 0.591. The summed E-state index contributed by atoms with van der Waals surface area (Å²) in [5.74, 6) is 0. The fourth-order valence-corrected chi connectivity index (χ4v) is 4.65. The molecule has 0 saturated heterocycles. The average Bonchev–Trinajstić information content (AvgIpc) is 2.54. The van der Waals surface area contributed by atoms with E-state index in [1.807, 2.05) is 0 Å². The number of rotatable bonds is 2. The molecule has 1 heterocycles. The van der Waals surface area contributed by atoms with Crippen LogP contribution in [0.3, 0.4) is 0 Å². The summed E-state index contributed by atoms with van der Waals surface area (Å²) >= 11 is 7.78. The van der Waals surface area contributed by atoms with Gasteiger partial charge in [0.15, 0.2) is 5.03 Å². The number of benzene rings is 1. The molecule has 2 aromatic rings. The van der Waals surface area contributed by atoms with E-state index in [9.17, 15) is 8.42 Å². The first kappa shape index (κ1) is 12.8. The Morgan fingerprint density at radius 3 is 2.35 bits per heavy atom. The summed E-state index contributed by atoms with van der Waals surface area (Å²) in [5, 5.41) is 4.18. The molecule has 17 heavy (non-hydrogen) atoms. The average molecular weight is 383 g/mol. The quantitative estimate of drug-likeness (QED) is 0.751. The van der Waals surface area contributed by atoms with E-state index in [1.54, 1.807) is 48.0 Å². The van der Waals surface area contributed by atoms with Crippen LogP contribution in [0.25, 0.3) is 0 Å². The van der Waals surface area contributed by atoms with Crippen LogP contribution in [0, 0.1) is 6.92 Å². The number of halogens is 2. The molecule has 0 aliphatic carbocycles. The highest BCUT2D eigenvalue weighted by Crippen LogP contribution is 2.30. The van der Waals surface area contributed by atoms with Gasteiger partial charge in [-0.05, 0) is 19.1 Å². The van der Waals surface area contributed by atoms with Gasteiger partial charge in [0, 0.05) is 0 Å². The Morgan fingerprint density at radius 1 is 1.29 bits per heavy atom. The molecule has 0 aliphatic rings. The Kier molecular flexibility index (Phi) is 3.46. The van der Waals surface area contributed by atoms with Crippen molar-refractivity contribution in [3.63, 3.8) is 0 Å². The van der Waals surface area contributed by atoms with Crippen molar-refractivity contribution in [2.45, 2.75) is 16.8 Å². The second-order valence-corrected chi connectivity index (χ2v) is 6.54. The highest BCUT2D eigenvalue weighted by Gasteiger charge is 2.27. The van der Waals surface area contributed by atoms with Crippen molar-refractivity contribution in [3.8, 4) is 0 Å². The van der Waals surface area contributed by atoms with Crippen LogP contribution < -0.4 is 0 Å². The zero-order valence-electron chi connectivity index (χ0n) is 8.76. The summed E-state index contributed by atoms with van der Waals surface area (Å²) in [5.41, 5.74) is 0.496. The molecule has 90 valence electrons. The minimum atomic E-state index is -3.62. The number of hydrogen-bond acceptors (Lipinski definition) is 3. The third kappa shape index (κ3) is 2.21. The topological polar surface area (TPSA) is 52.0 Å². The molecule has 4 nitrogen and oxygen atoms in total. The van der Waals surface area contributed by atoms with E-state index in [-0.39, 0.29) is 14.9 Å². The van der Waals surface area contributed by atoms with Crippen molar-refractivity contribution in [3.05, 3.63) is 41.0 Å². The number of aromatic nitrogens is 2. The molecule has 0 aliphatic heterocycles.